The number of hydrogen-bond acceptors (Lipinski definition) is 4. The third kappa shape index (κ3) is 9.32. The Morgan fingerprint density at radius 2 is 1.80 bits per heavy atom. The van der Waals surface area contributed by atoms with Gasteiger partial charge < -0.3 is 20.4 Å². The number of nitrogens with one attached hydrogen (secondary N) is 1. The second-order valence-electron chi connectivity index (χ2n) is 4.80. The molecule has 0 heterocycles. The van der Waals surface area contributed by atoms with Crippen molar-refractivity contribution in [1.29, 1.82) is 0 Å². The summed E-state index contributed by atoms with van der Waals surface area (Å²) in [6, 6.07) is -1.14. The molecule has 0 aliphatic carbocycles. The zero-order valence-electron chi connectivity index (χ0n) is 12.1. The van der Waals surface area contributed by atoms with E-state index in [0.717, 1.165) is 19.4 Å². The van der Waals surface area contributed by atoms with Crippen LogP contribution in [-0.2, 0) is 14.4 Å². The van der Waals surface area contributed by atoms with Gasteiger partial charge in [-0.05, 0) is 26.4 Å². The van der Waals surface area contributed by atoms with Crippen LogP contribution in [0.2, 0.25) is 0 Å². The number of unbranched alkanes of at least 4 members (excludes halogenated alkanes) is 1. The molecule has 0 aliphatic heterocycles. The van der Waals surface area contributed by atoms with Gasteiger partial charge in [-0.3, -0.25) is 9.59 Å². The van der Waals surface area contributed by atoms with Crippen molar-refractivity contribution < 1.29 is 24.6 Å². The smallest absolute Gasteiger partial charge is 0.326 e. The Bertz CT molecular complexity index is 333. The summed E-state index contributed by atoms with van der Waals surface area (Å²) >= 11 is 0. The predicted octanol–water partition coefficient (Wildman–Crippen LogP) is 0.543. The van der Waals surface area contributed by atoms with Crippen molar-refractivity contribution in [3.05, 3.63) is 0 Å². The molecule has 0 radical (unpaired) electrons. The summed E-state index contributed by atoms with van der Waals surface area (Å²) in [5.74, 6) is -2.66. The largest absolute Gasteiger partial charge is 0.481 e. The molecule has 0 aromatic heterocycles. The first-order valence-electron chi connectivity index (χ1n) is 6.79. The summed E-state index contributed by atoms with van der Waals surface area (Å²) in [6.45, 7) is 3.53. The van der Waals surface area contributed by atoms with E-state index in [2.05, 4.69) is 12.2 Å². The molecule has 0 spiro atoms. The maximum Gasteiger partial charge on any atom is 0.326 e. The first-order chi connectivity index (χ1) is 9.36. The van der Waals surface area contributed by atoms with Gasteiger partial charge in [0.1, 0.15) is 6.04 Å². The fraction of sp³-hybridized carbons (Fsp3) is 0.769. The molecular formula is C13H24N2O5. The van der Waals surface area contributed by atoms with Crippen LogP contribution in [0, 0.1) is 0 Å². The van der Waals surface area contributed by atoms with Crippen LogP contribution in [0.3, 0.4) is 0 Å². The number of nitrogens with zero attached hydrogens (tertiary/aromatic N) is 1. The van der Waals surface area contributed by atoms with Crippen LogP contribution < -0.4 is 5.32 Å². The van der Waals surface area contributed by atoms with Gasteiger partial charge in [-0.2, -0.15) is 0 Å². The molecule has 0 rings (SSSR count). The molecule has 7 heteroatoms. The lowest BCUT2D eigenvalue weighted by atomic mass is 10.1. The first kappa shape index (κ1) is 18.4. The maximum atomic E-state index is 11.6. The Labute approximate surface area is 119 Å². The molecule has 0 aromatic carbocycles. The monoisotopic (exact) mass is 288 g/mol. The summed E-state index contributed by atoms with van der Waals surface area (Å²) in [7, 11) is 1.90. The number of carbonyl (C=O) groups excluding carboxylic acids is 1. The molecule has 7 nitrogen and oxygen atoms in total. The third-order valence-electron chi connectivity index (χ3n) is 2.89. The van der Waals surface area contributed by atoms with Crippen LogP contribution in [0.4, 0.5) is 0 Å². The van der Waals surface area contributed by atoms with E-state index in [4.69, 9.17) is 10.2 Å². The lowest BCUT2D eigenvalue weighted by molar-refractivity contribution is -0.143. The maximum absolute atomic E-state index is 11.6. The Kier molecular flexibility index (Phi) is 9.36. The van der Waals surface area contributed by atoms with E-state index >= 15 is 0 Å². The molecule has 20 heavy (non-hydrogen) atoms. The average Bonchev–Trinajstić information content (AvgIpc) is 2.38. The highest BCUT2D eigenvalue weighted by Gasteiger charge is 2.20. The number of amides is 1. The van der Waals surface area contributed by atoms with Gasteiger partial charge in [0.15, 0.2) is 0 Å². The minimum atomic E-state index is -1.21. The summed E-state index contributed by atoms with van der Waals surface area (Å²) in [5, 5.41) is 19.8. The molecule has 0 saturated carbocycles. The van der Waals surface area contributed by atoms with E-state index in [-0.39, 0.29) is 25.2 Å². The van der Waals surface area contributed by atoms with Crippen LogP contribution in [-0.4, -0.2) is 59.1 Å². The highest BCUT2D eigenvalue weighted by molar-refractivity contribution is 5.84. The second-order valence-corrected chi connectivity index (χ2v) is 4.80. The van der Waals surface area contributed by atoms with Crippen molar-refractivity contribution in [2.24, 2.45) is 0 Å². The number of carboxylic acid groups (broad SMARTS) is 2. The van der Waals surface area contributed by atoms with Gasteiger partial charge in [0.25, 0.3) is 0 Å². The normalized spacial score (nSPS) is 12.2. The molecule has 0 bridgehead atoms. The highest BCUT2D eigenvalue weighted by Crippen LogP contribution is 2.00. The van der Waals surface area contributed by atoms with E-state index in [1.807, 2.05) is 11.9 Å². The van der Waals surface area contributed by atoms with Crippen molar-refractivity contribution in [2.75, 3.05) is 20.1 Å². The number of rotatable bonds is 11. The molecule has 0 aliphatic rings. The number of carboxylic acids is 2. The van der Waals surface area contributed by atoms with E-state index < -0.39 is 18.0 Å². The molecule has 1 amide bonds. The molecule has 0 unspecified atom stereocenters. The van der Waals surface area contributed by atoms with Crippen LogP contribution >= 0.6 is 0 Å². The molecule has 0 saturated heterocycles. The standard InChI is InChI=1S/C13H24N2O5/c1-3-4-8-15(2)9-7-11(16)14-10(13(19)20)5-6-12(17)18/h10H,3-9H2,1-2H3,(H,14,16)(H,17,18)(H,19,20)/t10-/m0/s1. The summed E-state index contributed by atoms with van der Waals surface area (Å²) < 4.78 is 0. The summed E-state index contributed by atoms with van der Waals surface area (Å²) in [4.78, 5) is 35.0. The highest BCUT2D eigenvalue weighted by atomic mass is 16.4. The van der Waals surface area contributed by atoms with Crippen molar-refractivity contribution >= 4 is 17.8 Å². The number of carbonyl (C=O) groups is 3. The zero-order valence-corrected chi connectivity index (χ0v) is 12.1. The molecular weight excluding hydrogens is 264 g/mol. The van der Waals surface area contributed by atoms with Gasteiger partial charge in [-0.25, -0.2) is 4.79 Å². The molecule has 3 N–H and O–H groups in total. The third-order valence-corrected chi connectivity index (χ3v) is 2.89. The van der Waals surface area contributed by atoms with Crippen molar-refractivity contribution in [3.63, 3.8) is 0 Å². The zero-order chi connectivity index (χ0) is 15.5. The second kappa shape index (κ2) is 10.2. The fourth-order valence-corrected chi connectivity index (χ4v) is 1.62. The molecule has 0 fully saturated rings. The van der Waals surface area contributed by atoms with Gasteiger partial charge in [0, 0.05) is 19.4 Å². The lowest BCUT2D eigenvalue weighted by Gasteiger charge is -2.17. The fourth-order valence-electron chi connectivity index (χ4n) is 1.62. The Balaban J connectivity index is 4.06. The van der Waals surface area contributed by atoms with Crippen LogP contribution in [0.1, 0.15) is 39.0 Å². The Morgan fingerprint density at radius 1 is 1.15 bits per heavy atom. The van der Waals surface area contributed by atoms with Crippen molar-refractivity contribution in [2.45, 2.75) is 45.1 Å². The van der Waals surface area contributed by atoms with E-state index in [9.17, 15) is 14.4 Å². The van der Waals surface area contributed by atoms with Gasteiger partial charge in [0.05, 0.1) is 0 Å². The quantitative estimate of drug-likeness (QED) is 0.512. The minimum Gasteiger partial charge on any atom is -0.481 e. The van der Waals surface area contributed by atoms with Crippen LogP contribution in [0.5, 0.6) is 0 Å². The first-order valence-corrected chi connectivity index (χ1v) is 6.79. The molecule has 0 aromatic rings. The van der Waals surface area contributed by atoms with E-state index in [1.54, 1.807) is 0 Å². The molecule has 1 atom stereocenters. The van der Waals surface area contributed by atoms with Gasteiger partial charge in [-0.15, -0.1) is 0 Å². The van der Waals surface area contributed by atoms with Gasteiger partial charge in [0.2, 0.25) is 5.91 Å². The van der Waals surface area contributed by atoms with Crippen molar-refractivity contribution in [1.82, 2.24) is 10.2 Å². The topological polar surface area (TPSA) is 107 Å². The molecule has 116 valence electrons. The SMILES string of the molecule is CCCCN(C)CCC(=O)N[C@@H](CCC(=O)O)C(=O)O. The Hall–Kier alpha value is -1.63. The number of hydrogen-bond donors (Lipinski definition) is 3. The van der Waals surface area contributed by atoms with Crippen LogP contribution in [0.15, 0.2) is 0 Å². The Morgan fingerprint density at radius 3 is 2.30 bits per heavy atom. The van der Waals surface area contributed by atoms with Crippen molar-refractivity contribution in [3.8, 4) is 0 Å². The predicted molar refractivity (Wildman–Crippen MR) is 73.5 cm³/mol. The summed E-state index contributed by atoms with van der Waals surface area (Å²) in [5.41, 5.74) is 0. The van der Waals surface area contributed by atoms with E-state index in [0.29, 0.717) is 6.54 Å². The van der Waals surface area contributed by atoms with Gasteiger partial charge >= 0.3 is 11.9 Å². The summed E-state index contributed by atoms with van der Waals surface area (Å²) in [6.07, 6.45) is 1.94. The van der Waals surface area contributed by atoms with E-state index in [1.165, 1.54) is 0 Å². The average molecular weight is 288 g/mol. The number of aliphatic carboxylic acids is 2. The van der Waals surface area contributed by atoms with Crippen LogP contribution in [0.25, 0.3) is 0 Å². The van der Waals surface area contributed by atoms with Gasteiger partial charge in [-0.1, -0.05) is 13.3 Å². The minimum absolute atomic E-state index is 0.109. The lowest BCUT2D eigenvalue weighted by Crippen LogP contribution is -2.42.